The van der Waals surface area contributed by atoms with E-state index >= 15 is 0 Å². The van der Waals surface area contributed by atoms with Crippen LogP contribution in [0, 0.1) is 11.6 Å². The van der Waals surface area contributed by atoms with Crippen LogP contribution in [-0.4, -0.2) is 24.0 Å². The number of halogens is 2. The number of rotatable bonds is 5. The van der Waals surface area contributed by atoms with Crippen molar-refractivity contribution in [1.29, 1.82) is 0 Å². The van der Waals surface area contributed by atoms with Crippen molar-refractivity contribution in [3.63, 3.8) is 0 Å². The maximum atomic E-state index is 13.2. The summed E-state index contributed by atoms with van der Waals surface area (Å²) < 4.78 is 26.1. The fourth-order valence-electron chi connectivity index (χ4n) is 1.20. The lowest BCUT2D eigenvalue weighted by Crippen LogP contribution is -2.36. The number of carbonyl (C=O) groups is 1. The molecule has 1 rings (SSSR count). The molecule has 0 aromatic heterocycles. The van der Waals surface area contributed by atoms with E-state index in [1.165, 1.54) is 12.1 Å². The molecule has 6 heteroatoms. The highest BCUT2D eigenvalue weighted by atomic mass is 32.2. The van der Waals surface area contributed by atoms with Crippen molar-refractivity contribution in [2.75, 3.05) is 17.3 Å². The zero-order valence-corrected chi connectivity index (χ0v) is 10.2. The molecule has 0 spiro atoms. The van der Waals surface area contributed by atoms with Gasteiger partial charge in [-0.25, -0.2) is 8.78 Å². The van der Waals surface area contributed by atoms with Crippen LogP contribution < -0.4 is 11.1 Å². The molecule has 94 valence electrons. The lowest BCUT2D eigenvalue weighted by molar-refractivity contribution is -0.117. The number of nitrogens with two attached hydrogens (primary N) is 1. The van der Waals surface area contributed by atoms with Gasteiger partial charge in [-0.05, 0) is 30.6 Å². The third-order valence-corrected chi connectivity index (χ3v) is 2.82. The zero-order valence-electron chi connectivity index (χ0n) is 9.37. The van der Waals surface area contributed by atoms with E-state index in [4.69, 9.17) is 5.73 Å². The van der Waals surface area contributed by atoms with E-state index in [1.807, 2.05) is 6.26 Å². The summed E-state index contributed by atoms with van der Waals surface area (Å²) in [6.07, 6.45) is 2.39. The Bertz CT molecular complexity index is 401. The Kier molecular flexibility index (Phi) is 5.37. The van der Waals surface area contributed by atoms with Crippen molar-refractivity contribution < 1.29 is 13.6 Å². The second kappa shape index (κ2) is 6.56. The van der Waals surface area contributed by atoms with Gasteiger partial charge in [0.15, 0.2) is 11.6 Å². The second-order valence-corrected chi connectivity index (χ2v) is 4.46. The van der Waals surface area contributed by atoms with E-state index in [1.54, 1.807) is 11.8 Å². The minimum absolute atomic E-state index is 0.186. The second-order valence-electron chi connectivity index (χ2n) is 3.48. The number of amides is 1. The summed E-state index contributed by atoms with van der Waals surface area (Å²) >= 11 is 1.57. The SMILES string of the molecule is CSCC[C@@H](N)C(=O)Nc1cccc(F)c1F. The average molecular weight is 260 g/mol. The van der Waals surface area contributed by atoms with Gasteiger partial charge in [0.1, 0.15) is 0 Å². The van der Waals surface area contributed by atoms with Gasteiger partial charge in [-0.15, -0.1) is 0 Å². The Morgan fingerprint density at radius 1 is 1.53 bits per heavy atom. The molecule has 0 aliphatic carbocycles. The summed E-state index contributed by atoms with van der Waals surface area (Å²) in [5.41, 5.74) is 5.41. The molecule has 0 saturated heterocycles. The van der Waals surface area contributed by atoms with Crippen LogP contribution >= 0.6 is 11.8 Å². The summed E-state index contributed by atoms with van der Waals surface area (Å²) in [6, 6.07) is 2.88. The Morgan fingerprint density at radius 2 is 2.24 bits per heavy atom. The monoisotopic (exact) mass is 260 g/mol. The molecule has 0 bridgehead atoms. The number of hydrogen-bond acceptors (Lipinski definition) is 3. The fraction of sp³-hybridized carbons (Fsp3) is 0.364. The maximum absolute atomic E-state index is 13.2. The quantitative estimate of drug-likeness (QED) is 0.851. The molecule has 1 aromatic rings. The normalized spacial score (nSPS) is 12.2. The Balaban J connectivity index is 2.64. The number of hydrogen-bond donors (Lipinski definition) is 2. The van der Waals surface area contributed by atoms with Gasteiger partial charge in [-0.3, -0.25) is 4.79 Å². The largest absolute Gasteiger partial charge is 0.322 e. The van der Waals surface area contributed by atoms with Crippen molar-refractivity contribution in [2.45, 2.75) is 12.5 Å². The van der Waals surface area contributed by atoms with E-state index in [-0.39, 0.29) is 5.69 Å². The van der Waals surface area contributed by atoms with Crippen LogP contribution in [0.15, 0.2) is 18.2 Å². The highest BCUT2D eigenvalue weighted by Gasteiger charge is 2.16. The first-order valence-corrected chi connectivity index (χ1v) is 6.45. The van der Waals surface area contributed by atoms with Crippen LogP contribution in [-0.2, 0) is 4.79 Å². The molecule has 0 fully saturated rings. The Morgan fingerprint density at radius 3 is 2.88 bits per heavy atom. The third kappa shape index (κ3) is 3.98. The molecule has 3 N–H and O–H groups in total. The predicted octanol–water partition coefficient (Wildman–Crippen LogP) is 1.98. The number of nitrogens with one attached hydrogen (secondary N) is 1. The summed E-state index contributed by atoms with van der Waals surface area (Å²) in [5.74, 6) is -1.85. The van der Waals surface area contributed by atoms with Crippen LogP contribution in [0.25, 0.3) is 0 Å². The summed E-state index contributed by atoms with van der Waals surface area (Å²) in [7, 11) is 0. The average Bonchev–Trinajstić information content (AvgIpc) is 2.31. The van der Waals surface area contributed by atoms with E-state index in [2.05, 4.69) is 5.32 Å². The molecule has 1 atom stereocenters. The van der Waals surface area contributed by atoms with Gasteiger partial charge >= 0.3 is 0 Å². The zero-order chi connectivity index (χ0) is 12.8. The molecule has 17 heavy (non-hydrogen) atoms. The molecule has 0 radical (unpaired) electrons. The summed E-state index contributed by atoms with van der Waals surface area (Å²) in [4.78, 5) is 11.5. The van der Waals surface area contributed by atoms with Gasteiger partial charge in [-0.1, -0.05) is 6.07 Å². The number of anilines is 1. The molecular weight excluding hydrogens is 246 g/mol. The van der Waals surface area contributed by atoms with E-state index in [9.17, 15) is 13.6 Å². The van der Waals surface area contributed by atoms with Crippen LogP contribution in [0.4, 0.5) is 14.5 Å². The molecule has 0 heterocycles. The van der Waals surface area contributed by atoms with E-state index in [0.717, 1.165) is 11.8 Å². The van der Waals surface area contributed by atoms with Crippen LogP contribution in [0.2, 0.25) is 0 Å². The van der Waals surface area contributed by atoms with Gasteiger partial charge in [-0.2, -0.15) is 11.8 Å². The lowest BCUT2D eigenvalue weighted by atomic mass is 10.2. The minimum Gasteiger partial charge on any atom is -0.322 e. The van der Waals surface area contributed by atoms with Crippen LogP contribution in [0.1, 0.15) is 6.42 Å². The fourth-order valence-corrected chi connectivity index (χ4v) is 1.69. The topological polar surface area (TPSA) is 55.1 Å². The van der Waals surface area contributed by atoms with Crippen molar-refractivity contribution in [1.82, 2.24) is 0 Å². The Hall–Kier alpha value is -1.14. The maximum Gasteiger partial charge on any atom is 0.241 e. The molecule has 0 saturated carbocycles. The van der Waals surface area contributed by atoms with Crippen LogP contribution in [0.5, 0.6) is 0 Å². The first-order chi connectivity index (χ1) is 8.06. The van der Waals surface area contributed by atoms with Crippen molar-refractivity contribution in [2.24, 2.45) is 5.73 Å². The highest BCUT2D eigenvalue weighted by Crippen LogP contribution is 2.16. The smallest absolute Gasteiger partial charge is 0.241 e. The number of benzene rings is 1. The van der Waals surface area contributed by atoms with E-state index in [0.29, 0.717) is 6.42 Å². The Labute approximate surface area is 103 Å². The molecule has 0 unspecified atom stereocenters. The van der Waals surface area contributed by atoms with Gasteiger partial charge < -0.3 is 11.1 Å². The standard InChI is InChI=1S/C11H14F2N2OS/c1-17-6-5-8(14)11(16)15-9-4-2-3-7(12)10(9)13/h2-4,8H,5-6,14H2,1H3,(H,15,16)/t8-/m1/s1. The van der Waals surface area contributed by atoms with Crippen molar-refractivity contribution in [3.05, 3.63) is 29.8 Å². The first-order valence-electron chi connectivity index (χ1n) is 5.05. The van der Waals surface area contributed by atoms with E-state index < -0.39 is 23.6 Å². The van der Waals surface area contributed by atoms with Gasteiger partial charge in [0.05, 0.1) is 11.7 Å². The number of thioether (sulfide) groups is 1. The van der Waals surface area contributed by atoms with Gasteiger partial charge in [0, 0.05) is 0 Å². The number of carbonyl (C=O) groups excluding carboxylic acids is 1. The van der Waals surface area contributed by atoms with Crippen molar-refractivity contribution in [3.8, 4) is 0 Å². The molecular formula is C11H14F2N2OS. The molecule has 1 amide bonds. The van der Waals surface area contributed by atoms with Crippen molar-refractivity contribution >= 4 is 23.4 Å². The van der Waals surface area contributed by atoms with Gasteiger partial charge in [0.25, 0.3) is 0 Å². The molecule has 1 aromatic carbocycles. The van der Waals surface area contributed by atoms with Crippen LogP contribution in [0.3, 0.4) is 0 Å². The first kappa shape index (κ1) is 13.9. The molecule has 0 aliphatic heterocycles. The summed E-state index contributed by atoms with van der Waals surface area (Å²) in [5, 5.41) is 2.27. The summed E-state index contributed by atoms with van der Waals surface area (Å²) in [6.45, 7) is 0. The lowest BCUT2D eigenvalue weighted by Gasteiger charge is -2.12. The highest BCUT2D eigenvalue weighted by molar-refractivity contribution is 7.98. The predicted molar refractivity (Wildman–Crippen MR) is 66.0 cm³/mol. The van der Waals surface area contributed by atoms with Gasteiger partial charge in [0.2, 0.25) is 5.91 Å². The molecule has 0 aliphatic rings. The molecule has 3 nitrogen and oxygen atoms in total. The minimum atomic E-state index is -1.07. The third-order valence-electron chi connectivity index (χ3n) is 2.18.